The van der Waals surface area contributed by atoms with E-state index in [1.54, 1.807) is 18.3 Å². The molecule has 0 fully saturated rings. The van der Waals surface area contributed by atoms with Gasteiger partial charge in [0.15, 0.2) is 0 Å². The number of aromatic nitrogens is 1. The van der Waals surface area contributed by atoms with Crippen molar-refractivity contribution in [2.45, 2.75) is 0 Å². The van der Waals surface area contributed by atoms with Crippen molar-refractivity contribution in [3.8, 4) is 0 Å². The summed E-state index contributed by atoms with van der Waals surface area (Å²) in [6.45, 7) is 0. The van der Waals surface area contributed by atoms with Crippen molar-refractivity contribution in [1.29, 1.82) is 0 Å². The standard InChI is InChI=1S/C12H8F2N2O/c13-8-3-4-10(11(14)6-8)12(17)16-9-2-1-5-15-7-9/h1-7H,(H,16,17). The highest BCUT2D eigenvalue weighted by Crippen LogP contribution is 2.12. The van der Waals surface area contributed by atoms with Crippen LogP contribution in [0.3, 0.4) is 0 Å². The van der Waals surface area contributed by atoms with Crippen molar-refractivity contribution >= 4 is 11.6 Å². The Morgan fingerprint density at radius 1 is 1.24 bits per heavy atom. The lowest BCUT2D eigenvalue weighted by Gasteiger charge is -2.05. The van der Waals surface area contributed by atoms with Gasteiger partial charge in [-0.15, -0.1) is 0 Å². The molecule has 0 bridgehead atoms. The Hall–Kier alpha value is -2.30. The maximum absolute atomic E-state index is 13.3. The lowest BCUT2D eigenvalue weighted by Crippen LogP contribution is -2.13. The molecule has 5 heteroatoms. The minimum absolute atomic E-state index is 0.213. The van der Waals surface area contributed by atoms with E-state index in [0.29, 0.717) is 11.8 Å². The monoisotopic (exact) mass is 234 g/mol. The molecular weight excluding hydrogens is 226 g/mol. The van der Waals surface area contributed by atoms with Crippen LogP contribution in [0.15, 0.2) is 42.7 Å². The molecule has 0 atom stereocenters. The molecule has 1 aromatic heterocycles. The van der Waals surface area contributed by atoms with Gasteiger partial charge in [-0.25, -0.2) is 8.78 Å². The third-order valence-corrected chi connectivity index (χ3v) is 2.10. The van der Waals surface area contributed by atoms with E-state index in [-0.39, 0.29) is 5.56 Å². The highest BCUT2D eigenvalue weighted by molar-refractivity contribution is 6.04. The molecule has 17 heavy (non-hydrogen) atoms. The summed E-state index contributed by atoms with van der Waals surface area (Å²) < 4.78 is 25.9. The predicted molar refractivity (Wildman–Crippen MR) is 58.5 cm³/mol. The lowest BCUT2D eigenvalue weighted by atomic mass is 10.2. The predicted octanol–water partition coefficient (Wildman–Crippen LogP) is 2.61. The fraction of sp³-hybridized carbons (Fsp3) is 0. The van der Waals surface area contributed by atoms with Gasteiger partial charge in [-0.05, 0) is 24.3 Å². The summed E-state index contributed by atoms with van der Waals surface area (Å²) in [6.07, 6.45) is 2.98. The van der Waals surface area contributed by atoms with Crippen LogP contribution in [0.25, 0.3) is 0 Å². The van der Waals surface area contributed by atoms with Crippen LogP contribution in [-0.4, -0.2) is 10.9 Å². The molecule has 3 nitrogen and oxygen atoms in total. The van der Waals surface area contributed by atoms with Crippen molar-refractivity contribution in [2.75, 3.05) is 5.32 Å². The first kappa shape index (κ1) is 11.2. The Labute approximate surface area is 96.1 Å². The number of anilines is 1. The van der Waals surface area contributed by atoms with Crippen molar-refractivity contribution in [3.05, 3.63) is 59.9 Å². The first-order valence-corrected chi connectivity index (χ1v) is 4.83. The Morgan fingerprint density at radius 3 is 2.71 bits per heavy atom. The van der Waals surface area contributed by atoms with Crippen LogP contribution < -0.4 is 5.32 Å². The first-order chi connectivity index (χ1) is 8.16. The molecule has 0 radical (unpaired) electrons. The Morgan fingerprint density at radius 2 is 2.06 bits per heavy atom. The minimum Gasteiger partial charge on any atom is -0.320 e. The molecule has 1 aromatic carbocycles. The van der Waals surface area contributed by atoms with Gasteiger partial charge in [-0.1, -0.05) is 0 Å². The molecule has 0 spiro atoms. The largest absolute Gasteiger partial charge is 0.320 e. The molecule has 1 amide bonds. The van der Waals surface area contributed by atoms with E-state index < -0.39 is 17.5 Å². The van der Waals surface area contributed by atoms with Gasteiger partial charge in [0.2, 0.25) is 0 Å². The summed E-state index contributed by atoms with van der Waals surface area (Å²) >= 11 is 0. The van der Waals surface area contributed by atoms with E-state index in [9.17, 15) is 13.6 Å². The van der Waals surface area contributed by atoms with Crippen LogP contribution in [0, 0.1) is 11.6 Å². The number of nitrogens with one attached hydrogen (secondary N) is 1. The highest BCUT2D eigenvalue weighted by Gasteiger charge is 2.12. The number of hydrogen-bond acceptors (Lipinski definition) is 2. The van der Waals surface area contributed by atoms with Crippen molar-refractivity contribution in [2.24, 2.45) is 0 Å². The van der Waals surface area contributed by atoms with Gasteiger partial charge in [-0.2, -0.15) is 0 Å². The van der Waals surface area contributed by atoms with Crippen LogP contribution in [0.5, 0.6) is 0 Å². The van der Waals surface area contributed by atoms with Crippen LogP contribution in [0.2, 0.25) is 0 Å². The topological polar surface area (TPSA) is 42.0 Å². The fourth-order valence-corrected chi connectivity index (χ4v) is 1.31. The van der Waals surface area contributed by atoms with Crippen LogP contribution in [0.4, 0.5) is 14.5 Å². The number of benzene rings is 1. The summed E-state index contributed by atoms with van der Waals surface area (Å²) in [5.74, 6) is -2.26. The van der Waals surface area contributed by atoms with Gasteiger partial charge in [-0.3, -0.25) is 9.78 Å². The summed E-state index contributed by atoms with van der Waals surface area (Å²) in [5, 5.41) is 2.45. The summed E-state index contributed by atoms with van der Waals surface area (Å²) in [7, 11) is 0. The van der Waals surface area contributed by atoms with Crippen molar-refractivity contribution in [3.63, 3.8) is 0 Å². The molecule has 0 saturated carbocycles. The molecule has 1 heterocycles. The van der Waals surface area contributed by atoms with E-state index in [1.807, 2.05) is 0 Å². The average molecular weight is 234 g/mol. The minimum atomic E-state index is -0.897. The smallest absolute Gasteiger partial charge is 0.258 e. The van der Waals surface area contributed by atoms with E-state index in [2.05, 4.69) is 10.3 Å². The number of amides is 1. The Kier molecular flexibility index (Phi) is 3.09. The molecular formula is C12H8F2N2O. The molecule has 0 unspecified atom stereocenters. The van der Waals surface area contributed by atoms with Gasteiger partial charge in [0.25, 0.3) is 5.91 Å². The number of halogens is 2. The van der Waals surface area contributed by atoms with E-state index in [4.69, 9.17) is 0 Å². The quantitative estimate of drug-likeness (QED) is 0.867. The SMILES string of the molecule is O=C(Nc1cccnc1)c1ccc(F)cc1F. The number of hydrogen-bond donors (Lipinski definition) is 1. The zero-order chi connectivity index (χ0) is 12.3. The molecule has 0 aliphatic heterocycles. The van der Waals surface area contributed by atoms with E-state index in [1.165, 1.54) is 6.20 Å². The Bertz CT molecular complexity index is 543. The lowest BCUT2D eigenvalue weighted by molar-refractivity contribution is 0.102. The van der Waals surface area contributed by atoms with Crippen molar-refractivity contribution in [1.82, 2.24) is 4.98 Å². The zero-order valence-corrected chi connectivity index (χ0v) is 8.65. The number of carbonyl (C=O) groups excluding carboxylic acids is 1. The van der Waals surface area contributed by atoms with Crippen LogP contribution >= 0.6 is 0 Å². The van der Waals surface area contributed by atoms with E-state index >= 15 is 0 Å². The third-order valence-electron chi connectivity index (χ3n) is 2.10. The van der Waals surface area contributed by atoms with Gasteiger partial charge in [0.05, 0.1) is 17.4 Å². The molecule has 0 aliphatic rings. The first-order valence-electron chi connectivity index (χ1n) is 4.83. The summed E-state index contributed by atoms with van der Waals surface area (Å²) in [5.41, 5.74) is 0.233. The summed E-state index contributed by atoms with van der Waals surface area (Å²) in [6, 6.07) is 6.04. The van der Waals surface area contributed by atoms with Gasteiger partial charge < -0.3 is 5.32 Å². The van der Waals surface area contributed by atoms with Gasteiger partial charge in [0, 0.05) is 12.3 Å². The normalized spacial score (nSPS) is 10.0. The second kappa shape index (κ2) is 4.69. The van der Waals surface area contributed by atoms with E-state index in [0.717, 1.165) is 12.1 Å². The van der Waals surface area contributed by atoms with Gasteiger partial charge in [0.1, 0.15) is 11.6 Å². The third kappa shape index (κ3) is 2.63. The fourth-order valence-electron chi connectivity index (χ4n) is 1.31. The Balaban J connectivity index is 2.21. The molecule has 86 valence electrons. The molecule has 2 rings (SSSR count). The number of pyridine rings is 1. The van der Waals surface area contributed by atoms with Crippen molar-refractivity contribution < 1.29 is 13.6 Å². The zero-order valence-electron chi connectivity index (χ0n) is 8.65. The molecule has 2 aromatic rings. The summed E-state index contributed by atoms with van der Waals surface area (Å²) in [4.78, 5) is 15.4. The highest BCUT2D eigenvalue weighted by atomic mass is 19.1. The number of carbonyl (C=O) groups is 1. The maximum atomic E-state index is 13.3. The average Bonchev–Trinajstić information content (AvgIpc) is 2.30. The second-order valence-electron chi connectivity index (χ2n) is 3.32. The molecule has 0 saturated heterocycles. The molecule has 1 N–H and O–H groups in total. The second-order valence-corrected chi connectivity index (χ2v) is 3.32. The van der Waals surface area contributed by atoms with Crippen LogP contribution in [-0.2, 0) is 0 Å². The maximum Gasteiger partial charge on any atom is 0.258 e. The number of nitrogens with zero attached hydrogens (tertiary/aromatic N) is 1. The van der Waals surface area contributed by atoms with Gasteiger partial charge >= 0.3 is 0 Å². The number of rotatable bonds is 2. The van der Waals surface area contributed by atoms with Crippen LogP contribution in [0.1, 0.15) is 10.4 Å². The molecule has 0 aliphatic carbocycles.